The summed E-state index contributed by atoms with van der Waals surface area (Å²) in [6, 6.07) is 16.4. The molecule has 1 heterocycles. The number of rotatable bonds is 3. The largest absolute Gasteiger partial charge is 0.455 e. The predicted molar refractivity (Wildman–Crippen MR) is 79.3 cm³/mol. The number of nitrogens with one attached hydrogen (secondary N) is 1. The Morgan fingerprint density at radius 2 is 1.86 bits per heavy atom. The van der Waals surface area contributed by atoms with Gasteiger partial charge in [-0.3, -0.25) is 10.1 Å². The van der Waals surface area contributed by atoms with Gasteiger partial charge in [-0.25, -0.2) is 4.99 Å². The minimum Gasteiger partial charge on any atom is -0.455 e. The number of amidine groups is 1. The van der Waals surface area contributed by atoms with Crippen LogP contribution in [0.2, 0.25) is 0 Å². The molecule has 0 radical (unpaired) electrons. The van der Waals surface area contributed by atoms with Crippen LogP contribution in [0.4, 0.5) is 11.4 Å². The molecule has 2 aromatic rings. The fourth-order valence-electron chi connectivity index (χ4n) is 2.07. The third-order valence-electron chi connectivity index (χ3n) is 3.16. The molecule has 0 saturated heterocycles. The van der Waals surface area contributed by atoms with Crippen molar-refractivity contribution in [1.82, 2.24) is 0 Å². The molecule has 0 bridgehead atoms. The second-order valence-corrected chi connectivity index (χ2v) is 4.59. The first kappa shape index (κ1) is 13.1. The van der Waals surface area contributed by atoms with E-state index < -0.39 is 4.92 Å². The molecule has 1 aliphatic heterocycles. The van der Waals surface area contributed by atoms with Crippen molar-refractivity contribution in [3.05, 3.63) is 70.3 Å². The molecular weight excluding hydrogens is 270 g/mol. The lowest BCUT2D eigenvalue weighted by Crippen LogP contribution is -2.13. The number of para-hydroxylation sites is 1. The quantitative estimate of drug-likeness (QED) is 0.693. The molecule has 2 aromatic carbocycles. The molecule has 0 saturated carbocycles. The maximum absolute atomic E-state index is 10.6. The van der Waals surface area contributed by atoms with E-state index in [1.165, 1.54) is 12.1 Å². The molecule has 0 aliphatic carbocycles. The van der Waals surface area contributed by atoms with Gasteiger partial charge in [-0.2, -0.15) is 0 Å². The van der Waals surface area contributed by atoms with E-state index >= 15 is 0 Å². The molecule has 21 heavy (non-hydrogen) atoms. The molecule has 6 heteroatoms. The van der Waals surface area contributed by atoms with Gasteiger partial charge in [0.25, 0.3) is 11.7 Å². The van der Waals surface area contributed by atoms with E-state index in [0.717, 1.165) is 11.3 Å². The van der Waals surface area contributed by atoms with Crippen molar-refractivity contribution in [2.45, 2.75) is 6.10 Å². The lowest BCUT2D eigenvalue weighted by atomic mass is 10.1. The standard InChI is InChI=1S/C15H13N3O3/c19-18(20)13-8-6-11(7-9-13)14-10-16-15(21-14)17-12-4-2-1-3-5-12/h1-9,14H,10H2,(H,16,17)/t14-/m1/s1. The monoisotopic (exact) mass is 283 g/mol. The van der Waals surface area contributed by atoms with Gasteiger partial charge in [0.15, 0.2) is 0 Å². The molecule has 0 spiro atoms. The van der Waals surface area contributed by atoms with Gasteiger partial charge in [-0.05, 0) is 29.8 Å². The SMILES string of the molecule is O=[N+]([O-])c1ccc([C@H]2CN=C(Nc3ccccc3)O2)cc1. The summed E-state index contributed by atoms with van der Waals surface area (Å²) in [5.41, 5.74) is 1.84. The van der Waals surface area contributed by atoms with E-state index in [9.17, 15) is 10.1 Å². The Labute approximate surface area is 121 Å². The molecule has 0 unspecified atom stereocenters. The average Bonchev–Trinajstić information content (AvgIpc) is 2.97. The van der Waals surface area contributed by atoms with Crippen LogP contribution in [-0.4, -0.2) is 17.5 Å². The van der Waals surface area contributed by atoms with Gasteiger partial charge in [-0.1, -0.05) is 18.2 Å². The van der Waals surface area contributed by atoms with E-state index in [2.05, 4.69) is 10.3 Å². The lowest BCUT2D eigenvalue weighted by molar-refractivity contribution is -0.384. The minimum absolute atomic E-state index is 0.0697. The summed E-state index contributed by atoms with van der Waals surface area (Å²) in [7, 11) is 0. The van der Waals surface area contributed by atoms with E-state index in [1.54, 1.807) is 12.1 Å². The zero-order valence-corrected chi connectivity index (χ0v) is 11.1. The van der Waals surface area contributed by atoms with Gasteiger partial charge in [-0.15, -0.1) is 0 Å². The summed E-state index contributed by atoms with van der Waals surface area (Å²) in [4.78, 5) is 14.5. The van der Waals surface area contributed by atoms with Crippen molar-refractivity contribution < 1.29 is 9.66 Å². The molecule has 1 aliphatic rings. The topological polar surface area (TPSA) is 76.8 Å². The fourth-order valence-corrected chi connectivity index (χ4v) is 2.07. The number of hydrogen-bond donors (Lipinski definition) is 1. The molecule has 0 amide bonds. The second kappa shape index (κ2) is 5.62. The van der Waals surface area contributed by atoms with Crippen LogP contribution < -0.4 is 5.32 Å². The van der Waals surface area contributed by atoms with E-state index in [4.69, 9.17) is 4.74 Å². The van der Waals surface area contributed by atoms with Gasteiger partial charge in [0.05, 0.1) is 11.5 Å². The highest BCUT2D eigenvalue weighted by molar-refractivity contribution is 5.90. The molecule has 106 valence electrons. The molecule has 0 aromatic heterocycles. The van der Waals surface area contributed by atoms with Crippen molar-refractivity contribution in [1.29, 1.82) is 0 Å². The van der Waals surface area contributed by atoms with Crippen LogP contribution in [0.15, 0.2) is 59.6 Å². The van der Waals surface area contributed by atoms with Crippen molar-refractivity contribution in [3.8, 4) is 0 Å². The Hall–Kier alpha value is -2.89. The Kier molecular flexibility index (Phi) is 3.51. The second-order valence-electron chi connectivity index (χ2n) is 4.59. The van der Waals surface area contributed by atoms with Crippen LogP contribution in [0.1, 0.15) is 11.7 Å². The maximum atomic E-state index is 10.6. The minimum atomic E-state index is -0.418. The maximum Gasteiger partial charge on any atom is 0.290 e. The van der Waals surface area contributed by atoms with Gasteiger partial charge < -0.3 is 10.1 Å². The van der Waals surface area contributed by atoms with E-state index in [-0.39, 0.29) is 11.8 Å². The zero-order valence-electron chi connectivity index (χ0n) is 11.1. The summed E-state index contributed by atoms with van der Waals surface area (Å²) in [6.45, 7) is 0.493. The molecule has 1 atom stereocenters. The number of hydrogen-bond acceptors (Lipinski definition) is 5. The molecule has 6 nitrogen and oxygen atoms in total. The van der Waals surface area contributed by atoms with Crippen molar-refractivity contribution >= 4 is 17.4 Å². The van der Waals surface area contributed by atoms with Crippen LogP contribution in [0, 0.1) is 10.1 Å². The van der Waals surface area contributed by atoms with Crippen LogP contribution in [0.5, 0.6) is 0 Å². The Bertz CT molecular complexity index is 668. The van der Waals surface area contributed by atoms with Crippen molar-refractivity contribution in [2.24, 2.45) is 4.99 Å². The van der Waals surface area contributed by atoms with Gasteiger partial charge in [0.2, 0.25) is 0 Å². The highest BCUT2D eigenvalue weighted by atomic mass is 16.6. The van der Waals surface area contributed by atoms with Crippen molar-refractivity contribution in [3.63, 3.8) is 0 Å². The van der Waals surface area contributed by atoms with Crippen LogP contribution in [0.25, 0.3) is 0 Å². The number of benzene rings is 2. The van der Waals surface area contributed by atoms with Crippen LogP contribution in [-0.2, 0) is 4.74 Å². The smallest absolute Gasteiger partial charge is 0.290 e. The van der Waals surface area contributed by atoms with Crippen LogP contribution >= 0.6 is 0 Å². The molecular formula is C15H13N3O3. The highest BCUT2D eigenvalue weighted by Gasteiger charge is 2.22. The normalized spacial score (nSPS) is 17.0. The molecule has 3 rings (SSSR count). The number of nitro benzene ring substituents is 1. The number of aliphatic imine (C=N–C) groups is 1. The average molecular weight is 283 g/mol. The van der Waals surface area contributed by atoms with Gasteiger partial charge >= 0.3 is 0 Å². The third kappa shape index (κ3) is 3.00. The predicted octanol–water partition coefficient (Wildman–Crippen LogP) is 3.13. The fraction of sp³-hybridized carbons (Fsp3) is 0.133. The zero-order chi connectivity index (χ0) is 14.7. The number of ether oxygens (including phenoxy) is 1. The van der Waals surface area contributed by atoms with Crippen molar-refractivity contribution in [2.75, 3.05) is 11.9 Å². The summed E-state index contributed by atoms with van der Waals surface area (Å²) in [6.07, 6.45) is -0.211. The number of nitro groups is 1. The lowest BCUT2D eigenvalue weighted by Gasteiger charge is -2.12. The van der Waals surface area contributed by atoms with Gasteiger partial charge in [0.1, 0.15) is 6.10 Å². The first-order valence-electron chi connectivity index (χ1n) is 6.50. The summed E-state index contributed by atoms with van der Waals surface area (Å²) in [5.74, 6) is 0. The molecule has 0 fully saturated rings. The summed E-state index contributed by atoms with van der Waals surface area (Å²) < 4.78 is 5.72. The number of nitrogens with zero attached hydrogens (tertiary/aromatic N) is 2. The first-order chi connectivity index (χ1) is 10.2. The summed E-state index contributed by atoms with van der Waals surface area (Å²) >= 11 is 0. The summed E-state index contributed by atoms with van der Waals surface area (Å²) in [5, 5.41) is 13.7. The number of anilines is 1. The first-order valence-corrected chi connectivity index (χ1v) is 6.50. The Morgan fingerprint density at radius 3 is 2.52 bits per heavy atom. The van der Waals surface area contributed by atoms with E-state index in [0.29, 0.717) is 12.6 Å². The highest BCUT2D eigenvalue weighted by Crippen LogP contribution is 2.25. The van der Waals surface area contributed by atoms with Crippen LogP contribution in [0.3, 0.4) is 0 Å². The molecule has 1 N–H and O–H groups in total. The Balaban J connectivity index is 1.64. The van der Waals surface area contributed by atoms with Gasteiger partial charge in [0, 0.05) is 17.8 Å². The van der Waals surface area contributed by atoms with E-state index in [1.807, 2.05) is 30.3 Å². The Morgan fingerprint density at radius 1 is 1.14 bits per heavy atom. The third-order valence-corrected chi connectivity index (χ3v) is 3.16. The number of non-ortho nitro benzene ring substituents is 1.